The molecule has 0 saturated heterocycles. The maximum absolute atomic E-state index is 10.9. The first-order valence-electron chi connectivity index (χ1n) is 5.97. The van der Waals surface area contributed by atoms with Gasteiger partial charge < -0.3 is 9.52 Å². The van der Waals surface area contributed by atoms with Crippen LogP contribution in [-0.4, -0.2) is 45.6 Å². The second-order valence-corrected chi connectivity index (χ2v) is 5.30. The summed E-state index contributed by atoms with van der Waals surface area (Å²) in [6.07, 6.45) is 4.28. The predicted molar refractivity (Wildman–Crippen MR) is 85.1 cm³/mol. The summed E-state index contributed by atoms with van der Waals surface area (Å²) in [5.41, 5.74) is 2.72. The summed E-state index contributed by atoms with van der Waals surface area (Å²) in [4.78, 5) is 15.0. The van der Waals surface area contributed by atoms with Crippen LogP contribution in [0.15, 0.2) is 51.6 Å². The van der Waals surface area contributed by atoms with Crippen molar-refractivity contribution in [3.05, 3.63) is 64.1 Å². The summed E-state index contributed by atoms with van der Waals surface area (Å²) in [7, 11) is 0. The van der Waals surface area contributed by atoms with E-state index in [9.17, 15) is 4.79 Å². The van der Waals surface area contributed by atoms with E-state index in [1.807, 2.05) is 30.5 Å². The van der Waals surface area contributed by atoms with E-state index >= 15 is 0 Å². The zero-order valence-electron chi connectivity index (χ0n) is 10.3. The molecule has 0 radical (unpaired) electrons. The Bertz CT molecular complexity index is 786. The molecule has 3 rings (SSSR count). The van der Waals surface area contributed by atoms with E-state index < -0.39 is 5.97 Å². The molecule has 0 bridgehead atoms. The van der Waals surface area contributed by atoms with Crippen molar-refractivity contribution in [3.8, 4) is 0 Å². The van der Waals surface area contributed by atoms with E-state index in [2.05, 4.69) is 20.9 Å². The molecule has 3 aromatic rings. The van der Waals surface area contributed by atoms with Gasteiger partial charge in [0.05, 0.1) is 4.47 Å². The van der Waals surface area contributed by atoms with Crippen molar-refractivity contribution in [2.24, 2.45) is 0 Å². The minimum atomic E-state index is -1.07. The predicted octanol–water partition coefficient (Wildman–Crippen LogP) is 3.23. The maximum atomic E-state index is 10.9. The Morgan fingerprint density at radius 2 is 2.10 bits per heavy atom. The second kappa shape index (κ2) is 6.75. The van der Waals surface area contributed by atoms with Crippen molar-refractivity contribution >= 4 is 62.4 Å². The topological polar surface area (TPSA) is 63.3 Å². The van der Waals surface area contributed by atoms with Crippen LogP contribution in [0.2, 0.25) is 0 Å². The molecular weight excluding hydrogens is 345 g/mol. The fourth-order valence-corrected chi connectivity index (χ4v) is 2.72. The number of hydrogen-bond acceptors (Lipinski definition) is 3. The average Bonchev–Trinajstić information content (AvgIpc) is 2.84. The Morgan fingerprint density at radius 3 is 2.76 bits per heavy atom. The zero-order chi connectivity index (χ0) is 14.1. The minimum absolute atomic E-state index is 0. The number of aromatic carboxylic acids is 1. The average molecular weight is 356 g/mol. The van der Waals surface area contributed by atoms with Crippen molar-refractivity contribution in [3.63, 3.8) is 0 Å². The molecule has 0 fully saturated rings. The van der Waals surface area contributed by atoms with Gasteiger partial charge in [0, 0.05) is 17.8 Å². The van der Waals surface area contributed by atoms with E-state index in [0.29, 0.717) is 5.58 Å². The summed E-state index contributed by atoms with van der Waals surface area (Å²) >= 11 is 3.42. The number of pyridine rings is 1. The Balaban J connectivity index is 0.00000161. The molecule has 6 heteroatoms. The van der Waals surface area contributed by atoms with Gasteiger partial charge in [0.15, 0.2) is 0 Å². The Labute approximate surface area is 151 Å². The summed E-state index contributed by atoms with van der Waals surface area (Å²) in [5.74, 6) is -1.12. The van der Waals surface area contributed by atoms with Crippen molar-refractivity contribution in [1.82, 2.24) is 4.98 Å². The third-order valence-electron chi connectivity index (χ3n) is 2.97. The fourth-order valence-electron chi connectivity index (χ4n) is 2.11. The Hall–Kier alpha value is -1.14. The number of fused-ring (bicyclic) bond motifs is 1. The Morgan fingerprint density at radius 1 is 1.29 bits per heavy atom. The van der Waals surface area contributed by atoms with Crippen molar-refractivity contribution in [2.75, 3.05) is 0 Å². The summed E-state index contributed by atoms with van der Waals surface area (Å²) in [5, 5.41) is 9.74. The van der Waals surface area contributed by atoms with E-state index in [-0.39, 0.29) is 35.3 Å². The van der Waals surface area contributed by atoms with E-state index in [1.54, 1.807) is 6.20 Å². The van der Waals surface area contributed by atoms with Crippen LogP contribution in [0.25, 0.3) is 11.0 Å². The first-order valence-corrected chi connectivity index (χ1v) is 6.77. The summed E-state index contributed by atoms with van der Waals surface area (Å²) < 4.78 is 6.06. The molecule has 1 aromatic carbocycles. The number of carboxylic acid groups (broad SMARTS) is 1. The van der Waals surface area contributed by atoms with Crippen molar-refractivity contribution in [1.29, 1.82) is 0 Å². The molecular formula is C15H11BrNNaO3. The van der Waals surface area contributed by atoms with Crippen molar-refractivity contribution < 1.29 is 14.3 Å². The molecule has 2 heterocycles. The first kappa shape index (κ1) is 16.2. The van der Waals surface area contributed by atoms with Gasteiger partial charge in [0.25, 0.3) is 0 Å². The van der Waals surface area contributed by atoms with Crippen LogP contribution < -0.4 is 0 Å². The van der Waals surface area contributed by atoms with Crippen LogP contribution >= 0.6 is 15.9 Å². The monoisotopic (exact) mass is 355 g/mol. The second-order valence-electron chi connectivity index (χ2n) is 4.45. The van der Waals surface area contributed by atoms with Gasteiger partial charge in [-0.3, -0.25) is 4.98 Å². The van der Waals surface area contributed by atoms with E-state index in [1.165, 1.54) is 6.07 Å². The molecule has 4 nitrogen and oxygen atoms in total. The molecule has 0 aliphatic carbocycles. The normalized spacial score (nSPS) is 10.3. The number of rotatable bonds is 3. The number of halogens is 1. The molecule has 2 aromatic heterocycles. The van der Waals surface area contributed by atoms with E-state index in [0.717, 1.165) is 27.4 Å². The van der Waals surface area contributed by atoms with Crippen LogP contribution in [-0.2, 0) is 6.42 Å². The van der Waals surface area contributed by atoms with Gasteiger partial charge in [-0.2, -0.15) is 0 Å². The number of carbonyl (C=O) groups is 1. The summed E-state index contributed by atoms with van der Waals surface area (Å²) in [6.45, 7) is 0. The molecule has 0 atom stereocenters. The van der Waals surface area contributed by atoms with Crippen LogP contribution in [0.5, 0.6) is 0 Å². The van der Waals surface area contributed by atoms with Crippen LogP contribution in [0.1, 0.15) is 21.7 Å². The number of carboxylic acids is 1. The van der Waals surface area contributed by atoms with Crippen LogP contribution in [0, 0.1) is 0 Å². The van der Waals surface area contributed by atoms with Crippen LogP contribution in [0.3, 0.4) is 0 Å². The molecule has 0 aliphatic heterocycles. The summed E-state index contributed by atoms with van der Waals surface area (Å²) in [6, 6.07) is 9.30. The van der Waals surface area contributed by atoms with Gasteiger partial charge in [0.1, 0.15) is 5.58 Å². The standard InChI is InChI=1S/C15H10BrNO3.Na.H/c16-12-6-10(4-9-2-1-3-17-8-9)5-11-7-13(15(18)19)20-14(11)12;;/h1-3,5-8H,4H2,(H,18,19);;. The molecule has 0 amide bonds. The van der Waals surface area contributed by atoms with Gasteiger partial charge in [0.2, 0.25) is 5.76 Å². The van der Waals surface area contributed by atoms with Gasteiger partial charge in [-0.25, -0.2) is 4.79 Å². The fraction of sp³-hybridized carbons (Fsp3) is 0.0667. The third-order valence-corrected chi connectivity index (χ3v) is 3.56. The molecule has 0 aliphatic rings. The van der Waals surface area contributed by atoms with Crippen LogP contribution in [0.4, 0.5) is 0 Å². The molecule has 102 valence electrons. The number of benzene rings is 1. The third kappa shape index (κ3) is 3.55. The van der Waals surface area contributed by atoms with Gasteiger partial charge in [-0.05, 0) is 57.7 Å². The molecule has 0 spiro atoms. The van der Waals surface area contributed by atoms with Gasteiger partial charge >= 0.3 is 35.5 Å². The molecule has 21 heavy (non-hydrogen) atoms. The van der Waals surface area contributed by atoms with Crippen molar-refractivity contribution in [2.45, 2.75) is 6.42 Å². The number of hydrogen-bond donors (Lipinski definition) is 1. The number of aromatic nitrogens is 1. The van der Waals surface area contributed by atoms with E-state index in [4.69, 9.17) is 9.52 Å². The van der Waals surface area contributed by atoms with Gasteiger partial charge in [-0.1, -0.05) is 6.07 Å². The number of nitrogens with zero attached hydrogens (tertiary/aromatic N) is 1. The van der Waals surface area contributed by atoms with Gasteiger partial charge in [-0.15, -0.1) is 0 Å². The molecule has 1 N–H and O–H groups in total. The Kier molecular flexibility index (Phi) is 5.22. The SMILES string of the molecule is O=C(O)c1cc2cc(Cc3cccnc3)cc(Br)c2o1.[NaH]. The zero-order valence-corrected chi connectivity index (χ0v) is 11.9. The molecule has 0 saturated carbocycles. The number of furan rings is 1. The quantitative estimate of drug-likeness (QED) is 0.732. The molecule has 0 unspecified atom stereocenters. The first-order chi connectivity index (χ1) is 9.63.